The summed E-state index contributed by atoms with van der Waals surface area (Å²) in [6.07, 6.45) is 0. The minimum Gasteiger partial charge on any atom is -0.497 e. The number of amides is 1. The SMILES string of the molecule is COc1ccc(S(=O)(=O)Nc2ccccc2NC(C)=O)c(C)c1. The van der Waals surface area contributed by atoms with Crippen molar-refractivity contribution in [2.24, 2.45) is 0 Å². The summed E-state index contributed by atoms with van der Waals surface area (Å²) in [5, 5.41) is 2.59. The zero-order valence-electron chi connectivity index (χ0n) is 13.1. The molecule has 1 amide bonds. The van der Waals surface area contributed by atoms with E-state index in [1.807, 2.05) is 0 Å². The molecule has 0 aliphatic rings. The molecule has 0 saturated heterocycles. The third kappa shape index (κ3) is 4.01. The Hall–Kier alpha value is -2.54. The molecule has 0 heterocycles. The van der Waals surface area contributed by atoms with Gasteiger partial charge in [0, 0.05) is 6.92 Å². The lowest BCUT2D eigenvalue weighted by Crippen LogP contribution is -2.16. The van der Waals surface area contributed by atoms with Crippen LogP contribution >= 0.6 is 0 Å². The van der Waals surface area contributed by atoms with E-state index >= 15 is 0 Å². The third-order valence-corrected chi connectivity index (χ3v) is 4.68. The van der Waals surface area contributed by atoms with Crippen molar-refractivity contribution < 1.29 is 17.9 Å². The minimum absolute atomic E-state index is 0.149. The molecule has 2 aromatic carbocycles. The number of rotatable bonds is 5. The maximum atomic E-state index is 12.6. The number of hydrogen-bond acceptors (Lipinski definition) is 4. The van der Waals surface area contributed by atoms with Gasteiger partial charge in [0.25, 0.3) is 10.0 Å². The molecule has 0 radical (unpaired) electrons. The van der Waals surface area contributed by atoms with Crippen LogP contribution in [-0.2, 0) is 14.8 Å². The predicted molar refractivity (Wildman–Crippen MR) is 89.3 cm³/mol. The molecule has 23 heavy (non-hydrogen) atoms. The molecule has 6 nitrogen and oxygen atoms in total. The second kappa shape index (κ2) is 6.70. The van der Waals surface area contributed by atoms with Crippen molar-refractivity contribution in [3.05, 3.63) is 48.0 Å². The summed E-state index contributed by atoms with van der Waals surface area (Å²) in [5.41, 5.74) is 1.27. The topological polar surface area (TPSA) is 84.5 Å². The van der Waals surface area contributed by atoms with Crippen LogP contribution in [0.4, 0.5) is 11.4 Å². The molecule has 0 bridgehead atoms. The van der Waals surface area contributed by atoms with Crippen LogP contribution in [0.15, 0.2) is 47.4 Å². The van der Waals surface area contributed by atoms with Gasteiger partial charge in [-0.25, -0.2) is 8.42 Å². The van der Waals surface area contributed by atoms with Crippen molar-refractivity contribution in [2.45, 2.75) is 18.7 Å². The van der Waals surface area contributed by atoms with Gasteiger partial charge in [-0.1, -0.05) is 12.1 Å². The molecular weight excluding hydrogens is 316 g/mol. The molecule has 2 N–H and O–H groups in total. The molecule has 0 aromatic heterocycles. The van der Waals surface area contributed by atoms with E-state index in [1.165, 1.54) is 20.1 Å². The molecule has 7 heteroatoms. The Kier molecular flexibility index (Phi) is 4.90. The summed E-state index contributed by atoms with van der Waals surface area (Å²) in [6.45, 7) is 3.05. The minimum atomic E-state index is -3.78. The van der Waals surface area contributed by atoms with Gasteiger partial charge in [0.2, 0.25) is 5.91 Å². The number of carbonyl (C=O) groups excluding carboxylic acids is 1. The zero-order valence-corrected chi connectivity index (χ0v) is 13.9. The maximum Gasteiger partial charge on any atom is 0.262 e. The lowest BCUT2D eigenvalue weighted by atomic mass is 10.2. The Bertz CT molecular complexity index is 832. The van der Waals surface area contributed by atoms with Gasteiger partial charge < -0.3 is 10.1 Å². The summed E-state index contributed by atoms with van der Waals surface area (Å²) in [4.78, 5) is 11.4. The molecule has 0 fully saturated rings. The molecule has 2 rings (SSSR count). The van der Waals surface area contributed by atoms with Gasteiger partial charge in [0.05, 0.1) is 23.4 Å². The van der Waals surface area contributed by atoms with Crippen molar-refractivity contribution >= 4 is 27.3 Å². The number of para-hydroxylation sites is 2. The molecule has 0 spiro atoms. The first kappa shape index (κ1) is 16.8. The smallest absolute Gasteiger partial charge is 0.262 e. The average molecular weight is 334 g/mol. The highest BCUT2D eigenvalue weighted by Crippen LogP contribution is 2.27. The van der Waals surface area contributed by atoms with E-state index in [0.717, 1.165) is 0 Å². The van der Waals surface area contributed by atoms with Gasteiger partial charge in [-0.05, 0) is 42.8 Å². The highest BCUT2D eigenvalue weighted by molar-refractivity contribution is 7.92. The van der Waals surface area contributed by atoms with Gasteiger partial charge in [-0.3, -0.25) is 9.52 Å². The van der Waals surface area contributed by atoms with E-state index < -0.39 is 10.0 Å². The quantitative estimate of drug-likeness (QED) is 0.880. The Morgan fingerprint density at radius 2 is 1.74 bits per heavy atom. The second-order valence-electron chi connectivity index (χ2n) is 4.96. The van der Waals surface area contributed by atoms with Crippen molar-refractivity contribution in [3.63, 3.8) is 0 Å². The standard InChI is InChI=1S/C16H18N2O4S/c1-11-10-13(22-3)8-9-16(11)23(20,21)18-15-7-5-4-6-14(15)17-12(2)19/h4-10,18H,1-3H3,(H,17,19). The Morgan fingerprint density at radius 3 is 2.30 bits per heavy atom. The average Bonchev–Trinajstić information content (AvgIpc) is 2.48. The lowest BCUT2D eigenvalue weighted by molar-refractivity contribution is -0.114. The van der Waals surface area contributed by atoms with E-state index in [4.69, 9.17) is 4.74 Å². The van der Waals surface area contributed by atoms with Crippen LogP contribution in [0.1, 0.15) is 12.5 Å². The maximum absolute atomic E-state index is 12.6. The molecule has 0 atom stereocenters. The number of aryl methyl sites for hydroxylation is 1. The summed E-state index contributed by atoms with van der Waals surface area (Å²) in [6, 6.07) is 11.3. The molecule has 0 aliphatic carbocycles. The number of ether oxygens (including phenoxy) is 1. The van der Waals surface area contributed by atoms with Crippen LogP contribution < -0.4 is 14.8 Å². The van der Waals surface area contributed by atoms with Crippen molar-refractivity contribution in [1.29, 1.82) is 0 Å². The fraction of sp³-hybridized carbons (Fsp3) is 0.188. The summed E-state index contributed by atoms with van der Waals surface area (Å²) >= 11 is 0. The molecule has 0 saturated carbocycles. The van der Waals surface area contributed by atoms with E-state index in [0.29, 0.717) is 22.7 Å². The molecule has 0 aliphatic heterocycles. The van der Waals surface area contributed by atoms with Gasteiger partial charge in [0.1, 0.15) is 5.75 Å². The van der Waals surface area contributed by atoms with Crippen molar-refractivity contribution in [2.75, 3.05) is 17.1 Å². The summed E-state index contributed by atoms with van der Waals surface area (Å²) in [5.74, 6) is 0.303. The van der Waals surface area contributed by atoms with Gasteiger partial charge in [0.15, 0.2) is 0 Å². The van der Waals surface area contributed by atoms with Crippen LogP contribution in [0.5, 0.6) is 5.75 Å². The molecular formula is C16H18N2O4S. The van der Waals surface area contributed by atoms with Crippen LogP contribution in [0.25, 0.3) is 0 Å². The number of anilines is 2. The Balaban J connectivity index is 2.37. The van der Waals surface area contributed by atoms with Crippen LogP contribution in [0, 0.1) is 6.92 Å². The van der Waals surface area contributed by atoms with Gasteiger partial charge >= 0.3 is 0 Å². The summed E-state index contributed by atoms with van der Waals surface area (Å²) < 4.78 is 32.8. The van der Waals surface area contributed by atoms with E-state index in [1.54, 1.807) is 43.3 Å². The normalized spacial score (nSPS) is 10.9. The first-order valence-corrected chi connectivity index (χ1v) is 8.36. The van der Waals surface area contributed by atoms with E-state index in [9.17, 15) is 13.2 Å². The molecule has 2 aromatic rings. The van der Waals surface area contributed by atoms with Gasteiger partial charge in [-0.15, -0.1) is 0 Å². The number of hydrogen-bond donors (Lipinski definition) is 2. The zero-order chi connectivity index (χ0) is 17.0. The van der Waals surface area contributed by atoms with Crippen LogP contribution in [-0.4, -0.2) is 21.4 Å². The molecule has 122 valence electrons. The lowest BCUT2D eigenvalue weighted by Gasteiger charge is -2.14. The predicted octanol–water partition coefficient (Wildman–Crippen LogP) is 2.76. The first-order chi connectivity index (χ1) is 10.8. The Morgan fingerprint density at radius 1 is 1.09 bits per heavy atom. The number of benzene rings is 2. The number of nitrogens with one attached hydrogen (secondary N) is 2. The number of sulfonamides is 1. The molecule has 0 unspecified atom stereocenters. The first-order valence-electron chi connectivity index (χ1n) is 6.87. The van der Waals surface area contributed by atoms with Crippen molar-refractivity contribution in [3.8, 4) is 5.75 Å². The van der Waals surface area contributed by atoms with E-state index in [-0.39, 0.29) is 10.8 Å². The largest absolute Gasteiger partial charge is 0.497 e. The third-order valence-electron chi connectivity index (χ3n) is 3.15. The fourth-order valence-electron chi connectivity index (χ4n) is 2.12. The Labute approximate surface area is 135 Å². The fourth-order valence-corrected chi connectivity index (χ4v) is 3.43. The van der Waals surface area contributed by atoms with Crippen LogP contribution in [0.2, 0.25) is 0 Å². The van der Waals surface area contributed by atoms with Crippen molar-refractivity contribution in [1.82, 2.24) is 0 Å². The van der Waals surface area contributed by atoms with Crippen LogP contribution in [0.3, 0.4) is 0 Å². The monoisotopic (exact) mass is 334 g/mol. The highest BCUT2D eigenvalue weighted by atomic mass is 32.2. The second-order valence-corrected chi connectivity index (χ2v) is 6.61. The summed E-state index contributed by atoms with van der Waals surface area (Å²) in [7, 11) is -2.27. The number of methoxy groups -OCH3 is 1. The van der Waals surface area contributed by atoms with Gasteiger partial charge in [-0.2, -0.15) is 0 Å². The van der Waals surface area contributed by atoms with E-state index in [2.05, 4.69) is 10.0 Å². The number of carbonyl (C=O) groups is 1. The highest BCUT2D eigenvalue weighted by Gasteiger charge is 2.19.